The number of ether oxygens (including phenoxy) is 2. The zero-order chi connectivity index (χ0) is 13.2. The van der Waals surface area contributed by atoms with Crippen LogP contribution < -0.4 is 5.32 Å². The molecule has 0 amide bonds. The maximum atomic E-state index is 5.57. The summed E-state index contributed by atoms with van der Waals surface area (Å²) in [6.07, 6.45) is 1.13. The van der Waals surface area contributed by atoms with Crippen LogP contribution in [0.2, 0.25) is 0 Å². The van der Waals surface area contributed by atoms with E-state index in [0.717, 1.165) is 31.9 Å². The van der Waals surface area contributed by atoms with E-state index >= 15 is 0 Å². The predicted octanol–water partition coefficient (Wildman–Crippen LogP) is 3.31. The highest BCUT2D eigenvalue weighted by molar-refractivity contribution is 5.50. The van der Waals surface area contributed by atoms with Crippen LogP contribution in [0.5, 0.6) is 0 Å². The summed E-state index contributed by atoms with van der Waals surface area (Å²) in [4.78, 5) is 0. The topological polar surface area (TPSA) is 30.5 Å². The first kappa shape index (κ1) is 15.0. The van der Waals surface area contributed by atoms with E-state index in [1.54, 1.807) is 7.11 Å². The van der Waals surface area contributed by atoms with Crippen molar-refractivity contribution in [2.45, 2.75) is 26.9 Å². The second-order valence-electron chi connectivity index (χ2n) is 4.81. The zero-order valence-electron chi connectivity index (χ0n) is 11.7. The lowest BCUT2D eigenvalue weighted by Gasteiger charge is -2.12. The number of anilines is 1. The molecule has 0 aliphatic heterocycles. The Labute approximate surface area is 110 Å². The molecule has 0 aliphatic carbocycles. The van der Waals surface area contributed by atoms with E-state index in [1.165, 1.54) is 5.56 Å². The highest BCUT2D eigenvalue weighted by Gasteiger charge is 2.00. The van der Waals surface area contributed by atoms with E-state index in [0.29, 0.717) is 12.5 Å². The molecule has 0 aromatic heterocycles. The molecule has 0 spiro atoms. The average molecular weight is 251 g/mol. The lowest BCUT2D eigenvalue weighted by atomic mass is 10.1. The predicted molar refractivity (Wildman–Crippen MR) is 75.9 cm³/mol. The van der Waals surface area contributed by atoms with Gasteiger partial charge in [0.05, 0.1) is 13.2 Å². The molecule has 1 aromatic carbocycles. The normalized spacial score (nSPS) is 10.9. The monoisotopic (exact) mass is 251 g/mol. The van der Waals surface area contributed by atoms with Crippen molar-refractivity contribution in [2.75, 3.05) is 32.2 Å². The van der Waals surface area contributed by atoms with Crippen molar-refractivity contribution in [3.8, 4) is 0 Å². The quantitative estimate of drug-likeness (QED) is 0.683. The first-order valence-corrected chi connectivity index (χ1v) is 6.62. The highest BCUT2D eigenvalue weighted by Crippen LogP contribution is 2.15. The van der Waals surface area contributed by atoms with E-state index in [2.05, 4.69) is 31.3 Å². The summed E-state index contributed by atoms with van der Waals surface area (Å²) in [5, 5.41) is 3.38. The van der Waals surface area contributed by atoms with Crippen LogP contribution in [-0.4, -0.2) is 26.9 Å². The van der Waals surface area contributed by atoms with Crippen molar-refractivity contribution in [1.29, 1.82) is 0 Å². The summed E-state index contributed by atoms with van der Waals surface area (Å²) in [6.45, 7) is 7.48. The number of rotatable bonds is 9. The minimum absolute atomic E-state index is 0.636. The summed E-state index contributed by atoms with van der Waals surface area (Å²) >= 11 is 0. The molecule has 0 fully saturated rings. The molecule has 0 heterocycles. The minimum atomic E-state index is 0.636. The Balaban J connectivity index is 2.22. The maximum Gasteiger partial charge on any atom is 0.0733 e. The second-order valence-corrected chi connectivity index (χ2v) is 4.81. The van der Waals surface area contributed by atoms with Crippen LogP contribution in [0.15, 0.2) is 24.3 Å². The molecule has 0 bridgehead atoms. The molecule has 3 heteroatoms. The maximum absolute atomic E-state index is 5.57. The van der Waals surface area contributed by atoms with Crippen LogP contribution in [0.4, 0.5) is 5.69 Å². The highest BCUT2D eigenvalue weighted by atomic mass is 16.5. The Morgan fingerprint density at radius 2 is 1.94 bits per heavy atom. The molecule has 0 saturated heterocycles. The molecule has 0 saturated carbocycles. The van der Waals surface area contributed by atoms with Gasteiger partial charge >= 0.3 is 0 Å². The van der Waals surface area contributed by atoms with Gasteiger partial charge in [-0.25, -0.2) is 0 Å². The van der Waals surface area contributed by atoms with Gasteiger partial charge in [-0.15, -0.1) is 0 Å². The van der Waals surface area contributed by atoms with Gasteiger partial charge < -0.3 is 14.8 Å². The molecular weight excluding hydrogens is 226 g/mol. The lowest BCUT2D eigenvalue weighted by molar-refractivity contribution is 0.132. The number of para-hydroxylation sites is 1. The van der Waals surface area contributed by atoms with Crippen LogP contribution in [-0.2, 0) is 16.1 Å². The molecule has 18 heavy (non-hydrogen) atoms. The first-order chi connectivity index (χ1) is 8.74. The van der Waals surface area contributed by atoms with Gasteiger partial charge in [0.2, 0.25) is 0 Å². The molecule has 0 atom stereocenters. The smallest absolute Gasteiger partial charge is 0.0733 e. The Hall–Kier alpha value is -1.06. The molecule has 3 nitrogen and oxygen atoms in total. The second kappa shape index (κ2) is 8.95. The van der Waals surface area contributed by atoms with Gasteiger partial charge in [-0.3, -0.25) is 0 Å². The fraction of sp³-hybridized carbons (Fsp3) is 0.600. The first-order valence-electron chi connectivity index (χ1n) is 6.62. The van der Waals surface area contributed by atoms with E-state index in [4.69, 9.17) is 9.47 Å². The molecule has 1 rings (SSSR count). The largest absolute Gasteiger partial charge is 0.382 e. The van der Waals surface area contributed by atoms with Crippen molar-refractivity contribution >= 4 is 5.69 Å². The van der Waals surface area contributed by atoms with E-state index in [-0.39, 0.29) is 0 Å². The van der Waals surface area contributed by atoms with Crippen LogP contribution >= 0.6 is 0 Å². The summed E-state index contributed by atoms with van der Waals surface area (Å²) in [7, 11) is 1.71. The third-order valence-electron chi connectivity index (χ3n) is 2.72. The van der Waals surface area contributed by atoms with Crippen molar-refractivity contribution in [1.82, 2.24) is 0 Å². The van der Waals surface area contributed by atoms with Crippen LogP contribution in [0.1, 0.15) is 25.8 Å². The number of hydrogen-bond donors (Lipinski definition) is 1. The third kappa shape index (κ3) is 6.03. The Morgan fingerprint density at radius 1 is 1.17 bits per heavy atom. The van der Waals surface area contributed by atoms with Crippen molar-refractivity contribution < 1.29 is 9.47 Å². The van der Waals surface area contributed by atoms with Gasteiger partial charge in [0.15, 0.2) is 0 Å². The van der Waals surface area contributed by atoms with Gasteiger partial charge in [0, 0.05) is 31.5 Å². The molecule has 102 valence electrons. The molecule has 1 aromatic rings. The summed E-state index contributed by atoms with van der Waals surface area (Å²) in [5.74, 6) is 0.709. The van der Waals surface area contributed by atoms with E-state index < -0.39 is 0 Å². The fourth-order valence-corrected chi connectivity index (χ4v) is 1.65. The Bertz CT molecular complexity index is 326. The minimum Gasteiger partial charge on any atom is -0.382 e. The molecule has 0 unspecified atom stereocenters. The Kier molecular flexibility index (Phi) is 7.46. The van der Waals surface area contributed by atoms with Crippen LogP contribution in [0.3, 0.4) is 0 Å². The molecule has 0 radical (unpaired) electrons. The average Bonchev–Trinajstić information content (AvgIpc) is 2.35. The third-order valence-corrected chi connectivity index (χ3v) is 2.72. The zero-order valence-corrected chi connectivity index (χ0v) is 11.7. The summed E-state index contributed by atoms with van der Waals surface area (Å²) in [6, 6.07) is 8.20. The van der Waals surface area contributed by atoms with Gasteiger partial charge in [0.1, 0.15) is 0 Å². The van der Waals surface area contributed by atoms with Gasteiger partial charge in [-0.05, 0) is 18.4 Å². The van der Waals surface area contributed by atoms with Gasteiger partial charge in [-0.1, -0.05) is 32.0 Å². The van der Waals surface area contributed by atoms with E-state index in [9.17, 15) is 0 Å². The number of methoxy groups -OCH3 is 1. The number of benzene rings is 1. The van der Waals surface area contributed by atoms with Crippen molar-refractivity contribution in [2.24, 2.45) is 5.92 Å². The molecule has 0 aliphatic rings. The summed E-state index contributed by atoms with van der Waals surface area (Å²) < 4.78 is 10.7. The SMILES string of the molecule is COCc1ccccc1NCCOCCC(C)C. The van der Waals surface area contributed by atoms with Crippen molar-refractivity contribution in [3.63, 3.8) is 0 Å². The molecule has 1 N–H and O–H groups in total. The lowest BCUT2D eigenvalue weighted by Crippen LogP contribution is -2.12. The Morgan fingerprint density at radius 3 is 2.67 bits per heavy atom. The number of hydrogen-bond acceptors (Lipinski definition) is 3. The van der Waals surface area contributed by atoms with Gasteiger partial charge in [0.25, 0.3) is 0 Å². The van der Waals surface area contributed by atoms with Crippen LogP contribution in [0, 0.1) is 5.92 Å². The number of nitrogens with one attached hydrogen (secondary N) is 1. The van der Waals surface area contributed by atoms with E-state index in [1.807, 2.05) is 12.1 Å². The fourth-order valence-electron chi connectivity index (χ4n) is 1.65. The standard InChI is InChI=1S/C15H25NO2/c1-13(2)8-10-18-11-9-16-15-7-5-4-6-14(15)12-17-3/h4-7,13,16H,8-12H2,1-3H3. The molecular formula is C15H25NO2. The summed E-state index contributed by atoms with van der Waals surface area (Å²) in [5.41, 5.74) is 2.31. The van der Waals surface area contributed by atoms with Gasteiger partial charge in [-0.2, -0.15) is 0 Å². The van der Waals surface area contributed by atoms with Crippen molar-refractivity contribution in [3.05, 3.63) is 29.8 Å². The van der Waals surface area contributed by atoms with Crippen LogP contribution in [0.25, 0.3) is 0 Å².